The highest BCUT2D eigenvalue weighted by Gasteiger charge is 2.07. The number of rotatable bonds is 2. The van der Waals surface area contributed by atoms with Gasteiger partial charge in [0.2, 0.25) is 0 Å². The molecule has 0 aliphatic rings. The number of benzene rings is 1. The zero-order valence-corrected chi connectivity index (χ0v) is 11.0. The molecular formula is C14H16N2O2. The summed E-state index contributed by atoms with van der Waals surface area (Å²) in [4.78, 5) is 18.9. The van der Waals surface area contributed by atoms with Crippen molar-refractivity contribution in [3.8, 4) is 17.1 Å². The van der Waals surface area contributed by atoms with Crippen LogP contribution in [0.15, 0.2) is 23.0 Å². The van der Waals surface area contributed by atoms with Crippen molar-refractivity contribution in [3.63, 3.8) is 0 Å². The molecule has 0 unspecified atom stereocenters. The van der Waals surface area contributed by atoms with Gasteiger partial charge in [0.1, 0.15) is 11.6 Å². The van der Waals surface area contributed by atoms with E-state index in [0.717, 1.165) is 22.6 Å². The van der Waals surface area contributed by atoms with Crippen LogP contribution >= 0.6 is 0 Å². The van der Waals surface area contributed by atoms with Crippen molar-refractivity contribution >= 4 is 0 Å². The van der Waals surface area contributed by atoms with E-state index in [1.807, 2.05) is 32.0 Å². The number of nitrogens with zero attached hydrogens (tertiary/aromatic N) is 1. The van der Waals surface area contributed by atoms with Crippen molar-refractivity contribution in [1.29, 1.82) is 0 Å². The summed E-state index contributed by atoms with van der Waals surface area (Å²) in [6, 6.07) is 5.71. The van der Waals surface area contributed by atoms with E-state index >= 15 is 0 Å². The van der Waals surface area contributed by atoms with Crippen molar-refractivity contribution in [2.75, 3.05) is 7.11 Å². The summed E-state index contributed by atoms with van der Waals surface area (Å²) in [7, 11) is 1.64. The van der Waals surface area contributed by atoms with E-state index in [1.165, 1.54) is 0 Å². The largest absolute Gasteiger partial charge is 0.496 e. The summed E-state index contributed by atoms with van der Waals surface area (Å²) in [6.07, 6.45) is 0. The summed E-state index contributed by atoms with van der Waals surface area (Å²) in [6.45, 7) is 5.57. The van der Waals surface area contributed by atoms with Crippen LogP contribution in [-0.4, -0.2) is 17.1 Å². The molecule has 1 aromatic carbocycles. The molecule has 1 aromatic heterocycles. The molecule has 0 amide bonds. The molecule has 94 valence electrons. The maximum Gasteiger partial charge on any atom is 0.254 e. The van der Waals surface area contributed by atoms with E-state index in [4.69, 9.17) is 4.74 Å². The fourth-order valence-electron chi connectivity index (χ4n) is 1.81. The Kier molecular flexibility index (Phi) is 3.19. The molecule has 0 saturated heterocycles. The molecular weight excluding hydrogens is 228 g/mol. The van der Waals surface area contributed by atoms with E-state index in [-0.39, 0.29) is 5.56 Å². The van der Waals surface area contributed by atoms with Crippen molar-refractivity contribution in [2.24, 2.45) is 0 Å². The highest BCUT2D eigenvalue weighted by Crippen LogP contribution is 2.23. The third-order valence-corrected chi connectivity index (χ3v) is 3.06. The van der Waals surface area contributed by atoms with Crippen molar-refractivity contribution < 1.29 is 4.74 Å². The van der Waals surface area contributed by atoms with E-state index in [1.54, 1.807) is 14.0 Å². The fraction of sp³-hybridized carbons (Fsp3) is 0.286. The second-order valence-electron chi connectivity index (χ2n) is 4.31. The molecule has 1 heterocycles. The standard InChI is InChI=1S/C14H16N2O2/c1-8-7-11(5-6-12(8)18-4)13-15-10(3)9(2)14(17)16-13/h5-7H,1-4H3,(H,15,16,17). The molecule has 0 radical (unpaired) electrons. The molecule has 1 N–H and O–H groups in total. The third-order valence-electron chi connectivity index (χ3n) is 3.06. The summed E-state index contributed by atoms with van der Waals surface area (Å²) in [5, 5.41) is 0. The van der Waals surface area contributed by atoms with E-state index in [0.29, 0.717) is 11.4 Å². The lowest BCUT2D eigenvalue weighted by atomic mass is 10.1. The number of aryl methyl sites for hydroxylation is 2. The minimum Gasteiger partial charge on any atom is -0.496 e. The normalized spacial score (nSPS) is 10.4. The van der Waals surface area contributed by atoms with Gasteiger partial charge >= 0.3 is 0 Å². The minimum absolute atomic E-state index is 0.0917. The smallest absolute Gasteiger partial charge is 0.254 e. The Morgan fingerprint density at radius 3 is 2.50 bits per heavy atom. The summed E-state index contributed by atoms with van der Waals surface area (Å²) in [5.41, 5.74) is 3.21. The van der Waals surface area contributed by atoms with Gasteiger partial charge in [0.25, 0.3) is 5.56 Å². The zero-order valence-electron chi connectivity index (χ0n) is 11.0. The van der Waals surface area contributed by atoms with Crippen LogP contribution < -0.4 is 10.3 Å². The van der Waals surface area contributed by atoms with Crippen LogP contribution in [0.4, 0.5) is 0 Å². The molecule has 2 rings (SSSR count). The summed E-state index contributed by atoms with van der Waals surface area (Å²) >= 11 is 0. The lowest BCUT2D eigenvalue weighted by molar-refractivity contribution is 0.412. The van der Waals surface area contributed by atoms with Gasteiger partial charge in [-0.15, -0.1) is 0 Å². The number of ether oxygens (including phenoxy) is 1. The van der Waals surface area contributed by atoms with Crippen molar-refractivity contribution in [1.82, 2.24) is 9.97 Å². The monoisotopic (exact) mass is 244 g/mol. The molecule has 0 saturated carbocycles. The lowest BCUT2D eigenvalue weighted by Crippen LogP contribution is -2.14. The molecule has 4 heteroatoms. The highest BCUT2D eigenvalue weighted by molar-refractivity contribution is 5.58. The molecule has 4 nitrogen and oxygen atoms in total. The Morgan fingerprint density at radius 2 is 1.94 bits per heavy atom. The van der Waals surface area contributed by atoms with Crippen LogP contribution in [0.3, 0.4) is 0 Å². The molecule has 0 fully saturated rings. The van der Waals surface area contributed by atoms with Crippen LogP contribution in [0.5, 0.6) is 5.75 Å². The molecule has 0 bridgehead atoms. The predicted molar refractivity (Wildman–Crippen MR) is 71.1 cm³/mol. The second-order valence-corrected chi connectivity index (χ2v) is 4.31. The molecule has 0 spiro atoms. The highest BCUT2D eigenvalue weighted by atomic mass is 16.5. The van der Waals surface area contributed by atoms with Gasteiger partial charge < -0.3 is 9.72 Å². The first-order valence-corrected chi connectivity index (χ1v) is 5.75. The first-order valence-electron chi connectivity index (χ1n) is 5.75. The number of nitrogens with one attached hydrogen (secondary N) is 1. The number of hydrogen-bond donors (Lipinski definition) is 1. The summed E-state index contributed by atoms with van der Waals surface area (Å²) in [5.74, 6) is 1.42. The Balaban J connectivity index is 2.56. The Morgan fingerprint density at radius 1 is 1.22 bits per heavy atom. The molecule has 0 aliphatic heterocycles. The topological polar surface area (TPSA) is 55.0 Å². The third kappa shape index (κ3) is 2.14. The lowest BCUT2D eigenvalue weighted by Gasteiger charge is -2.08. The van der Waals surface area contributed by atoms with Crippen LogP contribution in [-0.2, 0) is 0 Å². The van der Waals surface area contributed by atoms with Gasteiger partial charge in [-0.3, -0.25) is 4.79 Å². The predicted octanol–water partition coefficient (Wildman–Crippen LogP) is 2.37. The minimum atomic E-state index is -0.0917. The van der Waals surface area contributed by atoms with Crippen LogP contribution in [0, 0.1) is 20.8 Å². The summed E-state index contributed by atoms with van der Waals surface area (Å²) < 4.78 is 5.21. The van der Waals surface area contributed by atoms with Crippen LogP contribution in [0.25, 0.3) is 11.4 Å². The van der Waals surface area contributed by atoms with Crippen LogP contribution in [0.2, 0.25) is 0 Å². The average molecular weight is 244 g/mol. The Hall–Kier alpha value is -2.10. The van der Waals surface area contributed by atoms with Crippen molar-refractivity contribution in [3.05, 3.63) is 45.4 Å². The SMILES string of the molecule is COc1ccc(-c2nc(C)c(C)c(=O)[nH]2)cc1C. The average Bonchev–Trinajstić information content (AvgIpc) is 2.35. The number of hydrogen-bond acceptors (Lipinski definition) is 3. The molecule has 18 heavy (non-hydrogen) atoms. The van der Waals surface area contributed by atoms with Crippen LogP contribution in [0.1, 0.15) is 16.8 Å². The second kappa shape index (κ2) is 4.64. The Bertz CT molecular complexity index is 645. The van der Waals surface area contributed by atoms with E-state index in [9.17, 15) is 4.79 Å². The van der Waals surface area contributed by atoms with Gasteiger partial charge in [0.15, 0.2) is 0 Å². The first kappa shape index (κ1) is 12.4. The van der Waals surface area contributed by atoms with Gasteiger partial charge in [-0.25, -0.2) is 4.98 Å². The number of methoxy groups -OCH3 is 1. The fourth-order valence-corrected chi connectivity index (χ4v) is 1.81. The van der Waals surface area contributed by atoms with Gasteiger partial charge in [-0.1, -0.05) is 0 Å². The van der Waals surface area contributed by atoms with E-state index < -0.39 is 0 Å². The van der Waals surface area contributed by atoms with Gasteiger partial charge in [0, 0.05) is 16.8 Å². The molecule has 0 aliphatic carbocycles. The Labute approximate surface area is 106 Å². The molecule has 0 atom stereocenters. The molecule has 2 aromatic rings. The maximum absolute atomic E-state index is 11.7. The quantitative estimate of drug-likeness (QED) is 0.882. The number of aromatic amines is 1. The number of aromatic nitrogens is 2. The number of H-pyrrole nitrogens is 1. The van der Waals surface area contributed by atoms with Gasteiger partial charge in [-0.05, 0) is 44.5 Å². The van der Waals surface area contributed by atoms with Gasteiger partial charge in [0.05, 0.1) is 7.11 Å². The maximum atomic E-state index is 11.7. The van der Waals surface area contributed by atoms with Gasteiger partial charge in [-0.2, -0.15) is 0 Å². The first-order chi connectivity index (χ1) is 8.52. The van der Waals surface area contributed by atoms with E-state index in [2.05, 4.69) is 9.97 Å². The van der Waals surface area contributed by atoms with Crippen molar-refractivity contribution in [2.45, 2.75) is 20.8 Å². The zero-order chi connectivity index (χ0) is 13.3.